The largest absolute Gasteiger partial charge is 0.297 e. The van der Waals surface area contributed by atoms with Crippen molar-refractivity contribution in [3.63, 3.8) is 0 Å². The Morgan fingerprint density at radius 3 is 2.72 bits per heavy atom. The molecule has 1 atom stereocenters. The van der Waals surface area contributed by atoms with Gasteiger partial charge in [0.2, 0.25) is 0 Å². The molecule has 2 aromatic heterocycles. The predicted octanol–water partition coefficient (Wildman–Crippen LogP) is 5.83. The molecule has 1 unspecified atom stereocenters. The fraction of sp³-hybridized carbons (Fsp3) is 0.208. The van der Waals surface area contributed by atoms with Crippen molar-refractivity contribution in [3.05, 3.63) is 83.9 Å². The minimum atomic E-state index is 0.516. The molecule has 0 aliphatic carbocycles. The minimum Gasteiger partial charge on any atom is -0.297 e. The van der Waals surface area contributed by atoms with Gasteiger partial charge in [0.15, 0.2) is 0 Å². The smallest absolute Gasteiger partial charge is 0.0810 e. The molecule has 1 N–H and O–H groups in total. The van der Waals surface area contributed by atoms with Gasteiger partial charge in [-0.25, -0.2) is 0 Å². The second kappa shape index (κ2) is 8.67. The molecule has 29 heavy (non-hydrogen) atoms. The first-order chi connectivity index (χ1) is 14.3. The molecule has 5 heteroatoms. The average molecular weight is 418 g/mol. The Kier molecular flexibility index (Phi) is 5.63. The summed E-state index contributed by atoms with van der Waals surface area (Å²) in [5.41, 5.74) is 5.02. The van der Waals surface area contributed by atoms with E-state index in [-0.39, 0.29) is 0 Å². The Hall–Kier alpha value is -2.18. The SMILES string of the molecule is c1ccc(-c2ccc(CN3CCC(NSc4cnc5ccsc5c4)C3)cc2)cc1. The Labute approximate surface area is 179 Å². The number of likely N-dealkylation sites (tertiary alicyclic amines) is 1. The number of rotatable bonds is 6. The van der Waals surface area contributed by atoms with Gasteiger partial charge in [0.1, 0.15) is 0 Å². The number of hydrogen-bond acceptors (Lipinski definition) is 5. The highest BCUT2D eigenvalue weighted by molar-refractivity contribution is 7.97. The number of aromatic nitrogens is 1. The van der Waals surface area contributed by atoms with Gasteiger partial charge in [-0.1, -0.05) is 54.6 Å². The normalized spacial score (nSPS) is 17.2. The van der Waals surface area contributed by atoms with Crippen LogP contribution in [0.5, 0.6) is 0 Å². The molecule has 0 amide bonds. The van der Waals surface area contributed by atoms with E-state index in [1.807, 2.05) is 6.20 Å². The zero-order chi connectivity index (χ0) is 19.5. The van der Waals surface area contributed by atoms with Crippen molar-refractivity contribution in [1.29, 1.82) is 0 Å². The fourth-order valence-electron chi connectivity index (χ4n) is 3.80. The quantitative estimate of drug-likeness (QED) is 0.399. The third kappa shape index (κ3) is 4.54. The van der Waals surface area contributed by atoms with Crippen molar-refractivity contribution >= 4 is 33.5 Å². The molecule has 1 saturated heterocycles. The topological polar surface area (TPSA) is 28.2 Å². The van der Waals surface area contributed by atoms with E-state index in [2.05, 4.69) is 86.7 Å². The van der Waals surface area contributed by atoms with Crippen LogP contribution in [-0.2, 0) is 6.54 Å². The minimum absolute atomic E-state index is 0.516. The van der Waals surface area contributed by atoms with E-state index >= 15 is 0 Å². The lowest BCUT2D eigenvalue weighted by Crippen LogP contribution is -2.28. The Bertz CT molecular complexity index is 1080. The summed E-state index contributed by atoms with van der Waals surface area (Å²) in [6, 6.07) is 24.4. The Morgan fingerprint density at radius 1 is 1.03 bits per heavy atom. The van der Waals surface area contributed by atoms with Crippen LogP contribution < -0.4 is 4.72 Å². The van der Waals surface area contributed by atoms with Gasteiger partial charge in [0.25, 0.3) is 0 Å². The van der Waals surface area contributed by atoms with E-state index in [0.717, 1.165) is 25.2 Å². The highest BCUT2D eigenvalue weighted by Crippen LogP contribution is 2.25. The van der Waals surface area contributed by atoms with Crippen LogP contribution >= 0.6 is 23.3 Å². The molecule has 1 aliphatic heterocycles. The van der Waals surface area contributed by atoms with E-state index in [1.165, 1.54) is 32.7 Å². The van der Waals surface area contributed by atoms with Crippen molar-refractivity contribution in [3.8, 4) is 11.1 Å². The summed E-state index contributed by atoms with van der Waals surface area (Å²) in [6.07, 6.45) is 3.15. The van der Waals surface area contributed by atoms with E-state index in [1.54, 1.807) is 23.3 Å². The molecule has 0 bridgehead atoms. The number of hydrogen-bond donors (Lipinski definition) is 1. The zero-order valence-corrected chi connectivity index (χ0v) is 17.8. The molecular formula is C24H23N3S2. The molecule has 1 fully saturated rings. The maximum absolute atomic E-state index is 4.53. The summed E-state index contributed by atoms with van der Waals surface area (Å²) in [4.78, 5) is 8.25. The third-order valence-corrected chi connectivity index (χ3v) is 7.12. The molecule has 0 spiro atoms. The van der Waals surface area contributed by atoms with Crippen LogP contribution in [0.3, 0.4) is 0 Å². The summed E-state index contributed by atoms with van der Waals surface area (Å²) in [5, 5.41) is 2.10. The number of pyridine rings is 1. The molecule has 5 rings (SSSR count). The lowest BCUT2D eigenvalue weighted by Gasteiger charge is -2.17. The van der Waals surface area contributed by atoms with Crippen LogP contribution in [0, 0.1) is 0 Å². The lowest BCUT2D eigenvalue weighted by atomic mass is 10.0. The summed E-state index contributed by atoms with van der Waals surface area (Å²) < 4.78 is 4.89. The number of nitrogens with zero attached hydrogens (tertiary/aromatic N) is 2. The second-order valence-electron chi connectivity index (χ2n) is 7.48. The molecule has 0 radical (unpaired) electrons. The van der Waals surface area contributed by atoms with Gasteiger partial charge >= 0.3 is 0 Å². The number of nitrogens with one attached hydrogen (secondary N) is 1. The first-order valence-corrected chi connectivity index (χ1v) is 11.7. The van der Waals surface area contributed by atoms with Gasteiger partial charge in [0, 0.05) is 36.8 Å². The molecule has 3 nitrogen and oxygen atoms in total. The number of thiophene rings is 1. The van der Waals surface area contributed by atoms with Gasteiger partial charge in [-0.15, -0.1) is 11.3 Å². The van der Waals surface area contributed by atoms with Crippen LogP contribution in [0.2, 0.25) is 0 Å². The molecule has 4 aromatic rings. The van der Waals surface area contributed by atoms with Crippen molar-refractivity contribution < 1.29 is 0 Å². The number of benzene rings is 2. The van der Waals surface area contributed by atoms with E-state index in [0.29, 0.717) is 6.04 Å². The standard InChI is InChI=1S/C24H23N3S2/c1-2-4-19(5-3-1)20-8-6-18(7-9-20)16-27-12-10-21(17-27)26-29-22-14-24-23(25-15-22)11-13-28-24/h1-9,11,13-15,21,26H,10,12,16-17H2. The Balaban J connectivity index is 1.14. The van der Waals surface area contributed by atoms with Crippen molar-refractivity contribution in [2.24, 2.45) is 0 Å². The first kappa shape index (κ1) is 18.8. The summed E-state index contributed by atoms with van der Waals surface area (Å²) in [7, 11) is 0. The Morgan fingerprint density at radius 2 is 1.86 bits per heavy atom. The van der Waals surface area contributed by atoms with E-state index in [4.69, 9.17) is 0 Å². The molecule has 1 aliphatic rings. The maximum atomic E-state index is 4.53. The lowest BCUT2D eigenvalue weighted by molar-refractivity contribution is 0.325. The van der Waals surface area contributed by atoms with Crippen LogP contribution in [-0.4, -0.2) is 29.0 Å². The van der Waals surface area contributed by atoms with E-state index < -0.39 is 0 Å². The van der Waals surface area contributed by atoms with Crippen molar-refractivity contribution in [2.75, 3.05) is 13.1 Å². The van der Waals surface area contributed by atoms with Crippen molar-refractivity contribution in [2.45, 2.75) is 23.9 Å². The van der Waals surface area contributed by atoms with Crippen LogP contribution in [0.4, 0.5) is 0 Å². The maximum Gasteiger partial charge on any atom is 0.0810 e. The molecule has 3 heterocycles. The molecule has 146 valence electrons. The highest BCUT2D eigenvalue weighted by atomic mass is 32.2. The second-order valence-corrected chi connectivity index (χ2v) is 9.34. The van der Waals surface area contributed by atoms with Gasteiger partial charge < -0.3 is 0 Å². The van der Waals surface area contributed by atoms with Gasteiger partial charge in [-0.05, 0) is 52.6 Å². The molecular weight excluding hydrogens is 394 g/mol. The molecule has 0 saturated carbocycles. The fourth-order valence-corrected chi connectivity index (χ4v) is 5.43. The van der Waals surface area contributed by atoms with Crippen molar-refractivity contribution in [1.82, 2.24) is 14.6 Å². The molecule has 2 aromatic carbocycles. The summed E-state index contributed by atoms with van der Waals surface area (Å²) in [6.45, 7) is 3.24. The summed E-state index contributed by atoms with van der Waals surface area (Å²) >= 11 is 3.46. The summed E-state index contributed by atoms with van der Waals surface area (Å²) in [5.74, 6) is 0. The van der Waals surface area contributed by atoms with E-state index in [9.17, 15) is 0 Å². The predicted molar refractivity (Wildman–Crippen MR) is 124 cm³/mol. The monoisotopic (exact) mass is 417 g/mol. The third-order valence-electron chi connectivity index (χ3n) is 5.36. The highest BCUT2D eigenvalue weighted by Gasteiger charge is 2.22. The van der Waals surface area contributed by atoms with Gasteiger partial charge in [-0.3, -0.25) is 14.6 Å². The van der Waals surface area contributed by atoms with Crippen LogP contribution in [0.1, 0.15) is 12.0 Å². The number of fused-ring (bicyclic) bond motifs is 1. The average Bonchev–Trinajstić information content (AvgIpc) is 3.42. The first-order valence-electron chi connectivity index (χ1n) is 9.96. The van der Waals surface area contributed by atoms with Gasteiger partial charge in [0.05, 0.1) is 10.2 Å². The van der Waals surface area contributed by atoms with Gasteiger partial charge in [-0.2, -0.15) is 0 Å². The van der Waals surface area contributed by atoms with Crippen LogP contribution in [0.15, 0.2) is 83.2 Å². The van der Waals surface area contributed by atoms with Crippen LogP contribution in [0.25, 0.3) is 21.3 Å². The zero-order valence-electron chi connectivity index (χ0n) is 16.1.